The largest absolute Gasteiger partial charge is 0.481 e. The van der Waals surface area contributed by atoms with Crippen LogP contribution in [0.15, 0.2) is 18.2 Å². The van der Waals surface area contributed by atoms with Gasteiger partial charge in [0.15, 0.2) is 0 Å². The third kappa shape index (κ3) is 3.67. The zero-order valence-electron chi connectivity index (χ0n) is 13.6. The van der Waals surface area contributed by atoms with Crippen LogP contribution in [0.5, 0.6) is 0 Å². The molecule has 1 aliphatic carbocycles. The smallest absolute Gasteiger partial charge is 0.307 e. The van der Waals surface area contributed by atoms with Crippen molar-refractivity contribution in [2.75, 3.05) is 0 Å². The molecule has 0 aromatic heterocycles. The van der Waals surface area contributed by atoms with E-state index < -0.39 is 17.8 Å². The van der Waals surface area contributed by atoms with E-state index in [0.717, 1.165) is 24.0 Å². The standard InChI is InChI=1S/C18H25NO3/c1-11-8-9-14(12(2)10-11)13(3)19-17(20)15-6-4-5-7-16(15)18(21)22/h8-10,13,15-16H,4-7H2,1-3H3,(H,19,20)(H,21,22)/t13-,15+,16+/m0/s1. The Morgan fingerprint density at radius 3 is 2.41 bits per heavy atom. The highest BCUT2D eigenvalue weighted by atomic mass is 16.4. The fraction of sp³-hybridized carbons (Fsp3) is 0.556. The van der Waals surface area contributed by atoms with E-state index in [0.29, 0.717) is 12.8 Å². The molecule has 0 saturated heterocycles. The van der Waals surface area contributed by atoms with E-state index in [-0.39, 0.29) is 11.9 Å². The fourth-order valence-electron chi connectivity index (χ4n) is 3.45. The minimum absolute atomic E-state index is 0.107. The first-order valence-corrected chi connectivity index (χ1v) is 8.00. The number of rotatable bonds is 4. The highest BCUT2D eigenvalue weighted by Gasteiger charge is 2.36. The molecule has 0 bridgehead atoms. The van der Waals surface area contributed by atoms with Crippen LogP contribution < -0.4 is 5.32 Å². The lowest BCUT2D eigenvalue weighted by Gasteiger charge is -2.29. The molecule has 120 valence electrons. The zero-order valence-corrected chi connectivity index (χ0v) is 13.6. The Labute approximate surface area is 131 Å². The molecule has 3 atom stereocenters. The Kier molecular flexibility index (Phi) is 5.22. The molecular formula is C18H25NO3. The monoisotopic (exact) mass is 303 g/mol. The highest BCUT2D eigenvalue weighted by molar-refractivity contribution is 5.85. The van der Waals surface area contributed by atoms with Crippen molar-refractivity contribution in [3.63, 3.8) is 0 Å². The Morgan fingerprint density at radius 2 is 1.82 bits per heavy atom. The maximum atomic E-state index is 12.5. The molecule has 1 amide bonds. The molecule has 1 aliphatic rings. The SMILES string of the molecule is Cc1ccc([C@H](C)NC(=O)[C@@H]2CCCC[C@H]2C(=O)O)c(C)c1. The first-order chi connectivity index (χ1) is 10.4. The van der Waals surface area contributed by atoms with Gasteiger partial charge in [-0.1, -0.05) is 36.6 Å². The second-order valence-electron chi connectivity index (χ2n) is 6.43. The number of aryl methyl sites for hydroxylation is 2. The van der Waals surface area contributed by atoms with Crippen molar-refractivity contribution in [1.82, 2.24) is 5.32 Å². The van der Waals surface area contributed by atoms with E-state index in [1.807, 2.05) is 32.9 Å². The van der Waals surface area contributed by atoms with Gasteiger partial charge in [0.05, 0.1) is 17.9 Å². The Bertz CT molecular complexity index is 567. The number of amides is 1. The summed E-state index contributed by atoms with van der Waals surface area (Å²) in [6.07, 6.45) is 3.10. The summed E-state index contributed by atoms with van der Waals surface area (Å²) in [6, 6.07) is 6.06. The summed E-state index contributed by atoms with van der Waals surface area (Å²) >= 11 is 0. The molecule has 1 saturated carbocycles. The number of benzene rings is 1. The van der Waals surface area contributed by atoms with Crippen molar-refractivity contribution in [3.8, 4) is 0 Å². The minimum Gasteiger partial charge on any atom is -0.481 e. The summed E-state index contributed by atoms with van der Waals surface area (Å²) in [4.78, 5) is 23.8. The molecular weight excluding hydrogens is 278 g/mol. The van der Waals surface area contributed by atoms with Gasteiger partial charge in [0, 0.05) is 0 Å². The Hall–Kier alpha value is -1.84. The van der Waals surface area contributed by atoms with Crippen LogP contribution >= 0.6 is 0 Å². The van der Waals surface area contributed by atoms with Crippen molar-refractivity contribution < 1.29 is 14.7 Å². The first kappa shape index (κ1) is 16.5. The number of hydrogen-bond donors (Lipinski definition) is 2. The Morgan fingerprint density at radius 1 is 1.18 bits per heavy atom. The third-order valence-electron chi connectivity index (χ3n) is 4.67. The highest BCUT2D eigenvalue weighted by Crippen LogP contribution is 2.31. The number of carbonyl (C=O) groups excluding carboxylic acids is 1. The molecule has 4 heteroatoms. The predicted molar refractivity (Wildman–Crippen MR) is 85.6 cm³/mol. The number of aliphatic carboxylic acids is 1. The molecule has 1 fully saturated rings. The maximum Gasteiger partial charge on any atom is 0.307 e. The van der Waals surface area contributed by atoms with Crippen molar-refractivity contribution >= 4 is 11.9 Å². The van der Waals surface area contributed by atoms with Gasteiger partial charge in [-0.15, -0.1) is 0 Å². The van der Waals surface area contributed by atoms with E-state index in [1.54, 1.807) is 0 Å². The normalized spacial score (nSPS) is 22.9. The predicted octanol–water partition coefficient (Wildman–Crippen LogP) is 3.37. The van der Waals surface area contributed by atoms with Gasteiger partial charge < -0.3 is 10.4 Å². The summed E-state index contributed by atoms with van der Waals surface area (Å²) in [7, 11) is 0. The lowest BCUT2D eigenvalue weighted by molar-refractivity contribution is -0.149. The van der Waals surface area contributed by atoms with Crippen LogP contribution in [-0.4, -0.2) is 17.0 Å². The molecule has 0 spiro atoms. The minimum atomic E-state index is -0.848. The van der Waals surface area contributed by atoms with Crippen LogP contribution in [0.4, 0.5) is 0 Å². The summed E-state index contributed by atoms with van der Waals surface area (Å²) in [5.41, 5.74) is 3.42. The lowest BCUT2D eigenvalue weighted by Crippen LogP contribution is -2.40. The summed E-state index contributed by atoms with van der Waals surface area (Å²) in [5, 5.41) is 12.3. The van der Waals surface area contributed by atoms with Crippen LogP contribution in [0.2, 0.25) is 0 Å². The Balaban J connectivity index is 2.08. The van der Waals surface area contributed by atoms with Gasteiger partial charge in [0.2, 0.25) is 5.91 Å². The summed E-state index contributed by atoms with van der Waals surface area (Å²) in [5.74, 6) is -1.92. The van der Waals surface area contributed by atoms with E-state index in [1.165, 1.54) is 5.56 Å². The zero-order chi connectivity index (χ0) is 16.3. The number of carboxylic acid groups (broad SMARTS) is 1. The second-order valence-corrected chi connectivity index (χ2v) is 6.43. The van der Waals surface area contributed by atoms with Crippen LogP contribution in [0.1, 0.15) is 55.3 Å². The van der Waals surface area contributed by atoms with Crippen LogP contribution in [0, 0.1) is 25.7 Å². The van der Waals surface area contributed by atoms with Crippen LogP contribution in [0.25, 0.3) is 0 Å². The van der Waals surface area contributed by atoms with Crippen molar-refractivity contribution in [1.29, 1.82) is 0 Å². The summed E-state index contributed by atoms with van der Waals surface area (Å²) < 4.78 is 0. The summed E-state index contributed by atoms with van der Waals surface area (Å²) in [6.45, 7) is 6.03. The van der Waals surface area contributed by atoms with Crippen LogP contribution in [-0.2, 0) is 9.59 Å². The number of carboxylic acids is 1. The van der Waals surface area contributed by atoms with Gasteiger partial charge >= 0.3 is 5.97 Å². The van der Waals surface area contributed by atoms with Crippen molar-refractivity contribution in [3.05, 3.63) is 34.9 Å². The first-order valence-electron chi connectivity index (χ1n) is 8.00. The van der Waals surface area contributed by atoms with Gasteiger partial charge in [-0.3, -0.25) is 9.59 Å². The van der Waals surface area contributed by atoms with Gasteiger partial charge in [-0.05, 0) is 44.7 Å². The lowest BCUT2D eigenvalue weighted by atomic mass is 9.78. The van der Waals surface area contributed by atoms with Crippen molar-refractivity contribution in [2.45, 2.75) is 52.5 Å². The molecule has 2 N–H and O–H groups in total. The van der Waals surface area contributed by atoms with E-state index in [4.69, 9.17) is 0 Å². The quantitative estimate of drug-likeness (QED) is 0.896. The average molecular weight is 303 g/mol. The molecule has 22 heavy (non-hydrogen) atoms. The van der Waals surface area contributed by atoms with E-state index in [9.17, 15) is 14.7 Å². The molecule has 2 rings (SSSR count). The third-order valence-corrected chi connectivity index (χ3v) is 4.67. The number of carbonyl (C=O) groups is 2. The second kappa shape index (κ2) is 6.95. The van der Waals surface area contributed by atoms with Gasteiger partial charge in [0.25, 0.3) is 0 Å². The van der Waals surface area contributed by atoms with E-state index >= 15 is 0 Å². The molecule has 0 aliphatic heterocycles. The van der Waals surface area contributed by atoms with Gasteiger partial charge in [-0.25, -0.2) is 0 Å². The maximum absolute atomic E-state index is 12.5. The number of hydrogen-bond acceptors (Lipinski definition) is 2. The van der Waals surface area contributed by atoms with Crippen LogP contribution in [0.3, 0.4) is 0 Å². The van der Waals surface area contributed by atoms with E-state index in [2.05, 4.69) is 11.4 Å². The average Bonchev–Trinajstić information content (AvgIpc) is 2.46. The fourth-order valence-corrected chi connectivity index (χ4v) is 3.45. The molecule has 1 aromatic carbocycles. The van der Waals surface area contributed by atoms with Gasteiger partial charge in [-0.2, -0.15) is 0 Å². The molecule has 4 nitrogen and oxygen atoms in total. The molecule has 0 heterocycles. The molecule has 0 unspecified atom stereocenters. The molecule has 1 aromatic rings. The number of nitrogens with one attached hydrogen (secondary N) is 1. The van der Waals surface area contributed by atoms with Crippen molar-refractivity contribution in [2.24, 2.45) is 11.8 Å². The topological polar surface area (TPSA) is 66.4 Å². The van der Waals surface area contributed by atoms with Gasteiger partial charge in [0.1, 0.15) is 0 Å². The molecule has 0 radical (unpaired) electrons.